The van der Waals surface area contributed by atoms with Gasteiger partial charge in [-0.2, -0.15) is 5.10 Å². The van der Waals surface area contributed by atoms with E-state index in [9.17, 15) is 4.39 Å². The van der Waals surface area contributed by atoms with Crippen molar-refractivity contribution in [3.8, 4) is 0 Å². The van der Waals surface area contributed by atoms with E-state index in [1.807, 2.05) is 24.7 Å². The summed E-state index contributed by atoms with van der Waals surface area (Å²) in [7, 11) is 0. The van der Waals surface area contributed by atoms with Crippen molar-refractivity contribution in [1.82, 2.24) is 9.78 Å². The average Bonchev–Trinajstić information content (AvgIpc) is 2.84. The van der Waals surface area contributed by atoms with E-state index in [4.69, 9.17) is 17.3 Å². The number of hydrogen-bond donors (Lipinski definition) is 2. The molecule has 0 spiro atoms. The van der Waals surface area contributed by atoms with Crippen LogP contribution in [0.4, 0.5) is 10.1 Å². The van der Waals surface area contributed by atoms with Gasteiger partial charge in [-0.15, -0.1) is 0 Å². The number of nitrogens with zero attached hydrogens (tertiary/aromatic N) is 2. The maximum absolute atomic E-state index is 13.3. The molecule has 0 radical (unpaired) electrons. The Morgan fingerprint density at radius 3 is 2.70 bits per heavy atom. The van der Waals surface area contributed by atoms with Crippen LogP contribution in [0, 0.1) is 5.82 Å². The van der Waals surface area contributed by atoms with Crippen LogP contribution in [0.1, 0.15) is 31.5 Å². The van der Waals surface area contributed by atoms with Gasteiger partial charge in [0.15, 0.2) is 0 Å². The first-order valence-electron chi connectivity index (χ1n) is 6.46. The third-order valence-corrected chi connectivity index (χ3v) is 3.21. The first kappa shape index (κ1) is 14.8. The molecule has 2 rings (SSSR count). The predicted octanol–water partition coefficient (Wildman–Crippen LogP) is 3.37. The Morgan fingerprint density at radius 1 is 1.40 bits per heavy atom. The summed E-state index contributed by atoms with van der Waals surface area (Å²) in [4.78, 5) is 0. The largest absolute Gasteiger partial charge is 0.377 e. The van der Waals surface area contributed by atoms with Crippen LogP contribution in [0.3, 0.4) is 0 Å². The number of nitrogens with two attached hydrogens (primary N) is 1. The normalized spacial score (nSPS) is 12.7. The molecule has 6 heteroatoms. The number of hydrogen-bond acceptors (Lipinski definition) is 3. The van der Waals surface area contributed by atoms with Crippen molar-refractivity contribution in [1.29, 1.82) is 0 Å². The molecular weight excluding hydrogens is 279 g/mol. The van der Waals surface area contributed by atoms with E-state index in [0.717, 1.165) is 5.56 Å². The lowest BCUT2D eigenvalue weighted by Crippen LogP contribution is -2.20. The predicted molar refractivity (Wildman–Crippen MR) is 79.4 cm³/mol. The van der Waals surface area contributed by atoms with Gasteiger partial charge in [-0.1, -0.05) is 11.6 Å². The maximum Gasteiger partial charge on any atom is 0.126 e. The Morgan fingerprint density at radius 2 is 2.15 bits per heavy atom. The molecule has 0 bridgehead atoms. The third kappa shape index (κ3) is 3.49. The number of nitrogens with one attached hydrogen (secondary N) is 1. The second kappa shape index (κ2) is 6.24. The van der Waals surface area contributed by atoms with Gasteiger partial charge in [-0.05, 0) is 32.0 Å². The molecular formula is C14H18ClFN4. The Hall–Kier alpha value is -1.59. The van der Waals surface area contributed by atoms with Gasteiger partial charge >= 0.3 is 0 Å². The molecule has 2 aromatic rings. The lowest BCUT2D eigenvalue weighted by atomic mass is 10.1. The lowest BCUT2D eigenvalue weighted by molar-refractivity contribution is 0.531. The monoisotopic (exact) mass is 296 g/mol. The van der Waals surface area contributed by atoms with Gasteiger partial charge in [0.25, 0.3) is 0 Å². The highest BCUT2D eigenvalue weighted by Gasteiger charge is 2.13. The maximum atomic E-state index is 13.3. The number of anilines is 1. The van der Waals surface area contributed by atoms with Crippen LogP contribution in [-0.4, -0.2) is 16.3 Å². The molecule has 20 heavy (non-hydrogen) atoms. The zero-order valence-electron chi connectivity index (χ0n) is 11.5. The van der Waals surface area contributed by atoms with E-state index in [1.54, 1.807) is 12.3 Å². The van der Waals surface area contributed by atoms with Gasteiger partial charge in [0, 0.05) is 35.1 Å². The fraction of sp³-hybridized carbons (Fsp3) is 0.357. The van der Waals surface area contributed by atoms with Crippen LogP contribution in [-0.2, 0) is 0 Å². The topological polar surface area (TPSA) is 55.9 Å². The summed E-state index contributed by atoms with van der Waals surface area (Å²) < 4.78 is 15.2. The van der Waals surface area contributed by atoms with Gasteiger partial charge in [0.05, 0.1) is 12.2 Å². The lowest BCUT2D eigenvalue weighted by Gasteiger charge is -2.17. The van der Waals surface area contributed by atoms with E-state index in [1.165, 1.54) is 12.1 Å². The van der Waals surface area contributed by atoms with Crippen molar-refractivity contribution in [3.63, 3.8) is 0 Å². The molecule has 108 valence electrons. The van der Waals surface area contributed by atoms with Crippen molar-refractivity contribution >= 4 is 17.3 Å². The summed E-state index contributed by atoms with van der Waals surface area (Å²) in [5.74, 6) is -0.381. The molecule has 0 aliphatic carbocycles. The van der Waals surface area contributed by atoms with Crippen LogP contribution in [0.25, 0.3) is 0 Å². The third-order valence-electron chi connectivity index (χ3n) is 2.99. The minimum Gasteiger partial charge on any atom is -0.377 e. The summed E-state index contributed by atoms with van der Waals surface area (Å²) in [5, 5.41) is 7.81. The minimum absolute atomic E-state index is 0.139. The molecule has 0 saturated carbocycles. The van der Waals surface area contributed by atoms with Gasteiger partial charge < -0.3 is 11.1 Å². The molecule has 1 atom stereocenters. The Balaban J connectivity index is 2.19. The molecule has 1 unspecified atom stereocenters. The van der Waals surface area contributed by atoms with E-state index >= 15 is 0 Å². The standard InChI is InChI=1S/C14H18ClFN4/c1-9(2)20-8-10(7-18-20)14(6-17)19-13-4-11(15)3-12(16)5-13/h3-5,7-9,14,19H,6,17H2,1-2H3. The molecule has 3 N–H and O–H groups in total. The Labute approximate surface area is 122 Å². The summed E-state index contributed by atoms with van der Waals surface area (Å²) in [6.45, 7) is 4.47. The zero-order valence-corrected chi connectivity index (χ0v) is 12.2. The zero-order chi connectivity index (χ0) is 14.7. The molecule has 0 aliphatic rings. The average molecular weight is 297 g/mol. The highest BCUT2D eigenvalue weighted by atomic mass is 35.5. The van der Waals surface area contributed by atoms with E-state index in [2.05, 4.69) is 10.4 Å². The Bertz CT molecular complexity index is 562. The number of aromatic nitrogens is 2. The molecule has 0 amide bonds. The smallest absolute Gasteiger partial charge is 0.126 e. The van der Waals surface area contributed by atoms with Crippen molar-refractivity contribution < 1.29 is 4.39 Å². The molecule has 0 aliphatic heterocycles. The summed E-state index contributed by atoms with van der Waals surface area (Å²) in [5.41, 5.74) is 7.35. The first-order valence-corrected chi connectivity index (χ1v) is 6.84. The van der Waals surface area contributed by atoms with Gasteiger partial charge in [-0.25, -0.2) is 4.39 Å². The minimum atomic E-state index is -0.381. The van der Waals surface area contributed by atoms with Crippen LogP contribution in [0.2, 0.25) is 5.02 Å². The SMILES string of the molecule is CC(C)n1cc(C(CN)Nc2cc(F)cc(Cl)c2)cn1. The van der Waals surface area contributed by atoms with E-state index < -0.39 is 0 Å². The number of benzene rings is 1. The van der Waals surface area contributed by atoms with E-state index in [0.29, 0.717) is 17.3 Å². The van der Waals surface area contributed by atoms with Gasteiger partial charge in [-0.3, -0.25) is 4.68 Å². The fourth-order valence-corrected chi connectivity index (χ4v) is 2.15. The van der Waals surface area contributed by atoms with Crippen molar-refractivity contribution in [2.45, 2.75) is 25.9 Å². The summed E-state index contributed by atoms with van der Waals surface area (Å²) in [6.07, 6.45) is 3.71. The molecule has 1 aromatic carbocycles. The molecule has 4 nitrogen and oxygen atoms in total. The summed E-state index contributed by atoms with van der Waals surface area (Å²) in [6, 6.07) is 4.47. The molecule has 1 aromatic heterocycles. The fourth-order valence-electron chi connectivity index (χ4n) is 1.93. The number of halogens is 2. The summed E-state index contributed by atoms with van der Waals surface area (Å²) >= 11 is 5.84. The van der Waals surface area contributed by atoms with Crippen LogP contribution in [0.5, 0.6) is 0 Å². The highest BCUT2D eigenvalue weighted by molar-refractivity contribution is 6.30. The molecule has 0 fully saturated rings. The second-order valence-electron chi connectivity index (χ2n) is 4.94. The molecule has 0 saturated heterocycles. The van der Waals surface area contributed by atoms with E-state index in [-0.39, 0.29) is 17.9 Å². The second-order valence-corrected chi connectivity index (χ2v) is 5.37. The van der Waals surface area contributed by atoms with Crippen molar-refractivity contribution in [3.05, 3.63) is 47.0 Å². The quantitative estimate of drug-likeness (QED) is 0.889. The molecule has 1 heterocycles. The van der Waals surface area contributed by atoms with Crippen LogP contribution in [0.15, 0.2) is 30.6 Å². The first-order chi connectivity index (χ1) is 9.49. The van der Waals surface area contributed by atoms with Crippen molar-refractivity contribution in [2.75, 3.05) is 11.9 Å². The van der Waals surface area contributed by atoms with Crippen LogP contribution < -0.4 is 11.1 Å². The highest BCUT2D eigenvalue weighted by Crippen LogP contribution is 2.23. The van der Waals surface area contributed by atoms with Crippen LogP contribution >= 0.6 is 11.6 Å². The van der Waals surface area contributed by atoms with Crippen molar-refractivity contribution in [2.24, 2.45) is 5.73 Å². The van der Waals surface area contributed by atoms with Gasteiger partial charge in [0.2, 0.25) is 0 Å². The number of rotatable bonds is 5. The Kier molecular flexibility index (Phi) is 4.62. The van der Waals surface area contributed by atoms with Gasteiger partial charge in [0.1, 0.15) is 5.82 Å².